The van der Waals surface area contributed by atoms with Crippen molar-refractivity contribution in [2.45, 2.75) is 25.3 Å². The summed E-state index contributed by atoms with van der Waals surface area (Å²) < 4.78 is 12.3. The molecule has 26 heavy (non-hydrogen) atoms. The fraction of sp³-hybridized carbons (Fsp3) is 0.364. The van der Waals surface area contributed by atoms with Gasteiger partial charge in [0.25, 0.3) is 0 Å². The van der Waals surface area contributed by atoms with Gasteiger partial charge in [0.05, 0.1) is 12.6 Å². The molecule has 0 saturated carbocycles. The van der Waals surface area contributed by atoms with Crippen LogP contribution in [0, 0.1) is 5.92 Å². The molecule has 0 aromatic heterocycles. The van der Waals surface area contributed by atoms with E-state index in [2.05, 4.69) is 75.9 Å². The van der Waals surface area contributed by atoms with Gasteiger partial charge in [-0.3, -0.25) is 0 Å². The molecule has 4 rings (SSSR count). The van der Waals surface area contributed by atoms with Crippen molar-refractivity contribution >= 4 is 21.6 Å². The lowest BCUT2D eigenvalue weighted by Crippen LogP contribution is -2.29. The summed E-state index contributed by atoms with van der Waals surface area (Å²) >= 11 is 3.53. The maximum Gasteiger partial charge on any atom is 0.119 e. The monoisotopic (exact) mass is 413 g/mol. The quantitative estimate of drug-likeness (QED) is 0.487. The van der Waals surface area contributed by atoms with Crippen LogP contribution in [0.15, 0.2) is 59.1 Å². The molecule has 3 atom stereocenters. The molecule has 0 saturated heterocycles. The van der Waals surface area contributed by atoms with E-state index in [9.17, 15) is 0 Å². The van der Waals surface area contributed by atoms with Crippen LogP contribution in [-0.2, 0) is 4.74 Å². The minimum Gasteiger partial charge on any atom is -0.491 e. The van der Waals surface area contributed by atoms with E-state index >= 15 is 0 Å². The van der Waals surface area contributed by atoms with E-state index in [1.807, 2.05) is 6.92 Å². The molecule has 2 aromatic carbocycles. The van der Waals surface area contributed by atoms with Gasteiger partial charge in [-0.2, -0.15) is 0 Å². The highest BCUT2D eigenvalue weighted by molar-refractivity contribution is 9.10. The molecule has 0 spiro atoms. The van der Waals surface area contributed by atoms with Crippen molar-refractivity contribution in [3.8, 4) is 5.75 Å². The van der Waals surface area contributed by atoms with Gasteiger partial charge in [0.1, 0.15) is 12.4 Å². The van der Waals surface area contributed by atoms with Crippen molar-refractivity contribution < 1.29 is 9.47 Å². The second-order valence-electron chi connectivity index (χ2n) is 6.82. The van der Waals surface area contributed by atoms with Crippen molar-refractivity contribution in [1.29, 1.82) is 0 Å². The van der Waals surface area contributed by atoms with Crippen LogP contribution in [-0.4, -0.2) is 19.8 Å². The maximum absolute atomic E-state index is 5.87. The number of benzene rings is 2. The number of rotatable bonds is 6. The zero-order valence-corrected chi connectivity index (χ0v) is 16.5. The Labute approximate surface area is 163 Å². The van der Waals surface area contributed by atoms with Crippen molar-refractivity contribution in [3.05, 3.63) is 70.2 Å². The number of allylic oxidation sites excluding steroid dienone is 2. The highest BCUT2D eigenvalue weighted by Gasteiger charge is 2.37. The lowest BCUT2D eigenvalue weighted by molar-refractivity contribution is 0.110. The van der Waals surface area contributed by atoms with Crippen LogP contribution in [0.1, 0.15) is 36.4 Å². The maximum atomic E-state index is 5.87. The molecule has 3 unspecified atom stereocenters. The molecule has 0 bridgehead atoms. The Morgan fingerprint density at radius 2 is 1.96 bits per heavy atom. The van der Waals surface area contributed by atoms with Crippen molar-refractivity contribution in [3.63, 3.8) is 0 Å². The van der Waals surface area contributed by atoms with Gasteiger partial charge in [-0.1, -0.05) is 40.2 Å². The largest absolute Gasteiger partial charge is 0.491 e. The second-order valence-corrected chi connectivity index (χ2v) is 7.74. The van der Waals surface area contributed by atoms with Crippen LogP contribution in [0.2, 0.25) is 0 Å². The van der Waals surface area contributed by atoms with E-state index in [4.69, 9.17) is 9.47 Å². The van der Waals surface area contributed by atoms with Gasteiger partial charge < -0.3 is 14.8 Å². The van der Waals surface area contributed by atoms with E-state index in [-0.39, 0.29) is 0 Å². The summed E-state index contributed by atoms with van der Waals surface area (Å²) in [5, 5.41) is 3.77. The molecule has 0 radical (unpaired) electrons. The standard InChI is InChI=1S/C22H24BrNO2/c1-2-25-12-13-26-17-10-11-21-20(14-17)18-4-3-5-19(18)22(24-21)15-6-8-16(23)9-7-15/h3-4,6-11,14,18-19,22,24H,2,5,12-13H2,1H3. The molecule has 1 N–H and O–H groups in total. The normalized spacial score (nSPS) is 23.2. The van der Waals surface area contributed by atoms with Crippen LogP contribution in [0.5, 0.6) is 5.75 Å². The van der Waals surface area contributed by atoms with E-state index in [0.29, 0.717) is 31.1 Å². The molecule has 0 fully saturated rings. The number of ether oxygens (including phenoxy) is 2. The zero-order valence-electron chi connectivity index (χ0n) is 15.0. The SMILES string of the molecule is CCOCCOc1ccc2c(c1)C1C=CCC1C(c1ccc(Br)cc1)N2. The number of hydrogen-bond acceptors (Lipinski definition) is 3. The molecular formula is C22H24BrNO2. The predicted octanol–water partition coefficient (Wildman–Crippen LogP) is 5.69. The Hall–Kier alpha value is -1.78. The van der Waals surface area contributed by atoms with E-state index in [0.717, 1.165) is 23.2 Å². The van der Waals surface area contributed by atoms with Gasteiger partial charge in [-0.15, -0.1) is 0 Å². The van der Waals surface area contributed by atoms with Gasteiger partial charge in [0.2, 0.25) is 0 Å². The molecule has 3 nitrogen and oxygen atoms in total. The molecule has 4 heteroatoms. The van der Waals surface area contributed by atoms with Crippen molar-refractivity contribution in [1.82, 2.24) is 0 Å². The summed E-state index contributed by atoms with van der Waals surface area (Å²) in [6, 6.07) is 15.4. The summed E-state index contributed by atoms with van der Waals surface area (Å²) in [4.78, 5) is 0. The van der Waals surface area contributed by atoms with Gasteiger partial charge in [-0.25, -0.2) is 0 Å². The van der Waals surface area contributed by atoms with Gasteiger partial charge in [0.15, 0.2) is 0 Å². The minimum atomic E-state index is 0.334. The molecule has 2 aliphatic rings. The molecular weight excluding hydrogens is 390 g/mol. The lowest BCUT2D eigenvalue weighted by atomic mass is 9.77. The number of nitrogens with one attached hydrogen (secondary N) is 1. The molecule has 1 heterocycles. The van der Waals surface area contributed by atoms with E-state index in [1.54, 1.807) is 0 Å². The number of halogens is 1. The molecule has 0 amide bonds. The molecule has 1 aliphatic heterocycles. The van der Waals surface area contributed by atoms with Crippen LogP contribution >= 0.6 is 15.9 Å². The Balaban J connectivity index is 1.57. The smallest absolute Gasteiger partial charge is 0.119 e. The first-order valence-electron chi connectivity index (χ1n) is 9.29. The van der Waals surface area contributed by atoms with Crippen LogP contribution in [0.25, 0.3) is 0 Å². The first kappa shape index (κ1) is 17.6. The minimum absolute atomic E-state index is 0.334. The molecule has 2 aromatic rings. The van der Waals surface area contributed by atoms with Crippen molar-refractivity contribution in [2.24, 2.45) is 5.92 Å². The first-order valence-corrected chi connectivity index (χ1v) is 10.1. The topological polar surface area (TPSA) is 30.5 Å². The Kier molecular flexibility index (Phi) is 5.32. The summed E-state index contributed by atoms with van der Waals surface area (Å²) in [6.45, 7) is 3.94. The Morgan fingerprint density at radius 3 is 2.77 bits per heavy atom. The van der Waals surface area contributed by atoms with E-state index < -0.39 is 0 Å². The van der Waals surface area contributed by atoms with Gasteiger partial charge in [-0.05, 0) is 60.7 Å². The Bertz CT molecular complexity index is 787. The fourth-order valence-electron chi connectivity index (χ4n) is 4.03. The highest BCUT2D eigenvalue weighted by Crippen LogP contribution is 2.50. The highest BCUT2D eigenvalue weighted by atomic mass is 79.9. The fourth-order valence-corrected chi connectivity index (χ4v) is 4.29. The Morgan fingerprint density at radius 1 is 1.12 bits per heavy atom. The number of hydrogen-bond donors (Lipinski definition) is 1. The van der Waals surface area contributed by atoms with Crippen LogP contribution in [0.4, 0.5) is 5.69 Å². The van der Waals surface area contributed by atoms with Crippen LogP contribution < -0.4 is 10.1 Å². The zero-order chi connectivity index (χ0) is 17.9. The number of anilines is 1. The summed E-state index contributed by atoms with van der Waals surface area (Å²) in [6.07, 6.45) is 5.79. The third kappa shape index (κ3) is 3.53. The summed E-state index contributed by atoms with van der Waals surface area (Å²) in [5.41, 5.74) is 3.89. The van der Waals surface area contributed by atoms with Crippen molar-refractivity contribution in [2.75, 3.05) is 25.1 Å². The number of fused-ring (bicyclic) bond motifs is 3. The van der Waals surface area contributed by atoms with Gasteiger partial charge in [0, 0.05) is 22.7 Å². The second kappa shape index (κ2) is 7.85. The third-order valence-electron chi connectivity index (χ3n) is 5.26. The molecule has 136 valence electrons. The first-order chi connectivity index (χ1) is 12.8. The average Bonchev–Trinajstić information content (AvgIpc) is 3.15. The van der Waals surface area contributed by atoms with E-state index in [1.165, 1.54) is 16.8 Å². The van der Waals surface area contributed by atoms with Crippen LogP contribution in [0.3, 0.4) is 0 Å². The summed E-state index contributed by atoms with van der Waals surface area (Å²) in [5.74, 6) is 1.91. The summed E-state index contributed by atoms with van der Waals surface area (Å²) in [7, 11) is 0. The predicted molar refractivity (Wildman–Crippen MR) is 109 cm³/mol. The van der Waals surface area contributed by atoms with Gasteiger partial charge >= 0.3 is 0 Å². The lowest BCUT2D eigenvalue weighted by Gasteiger charge is -2.37. The average molecular weight is 414 g/mol. The third-order valence-corrected chi connectivity index (χ3v) is 5.79. The molecule has 1 aliphatic carbocycles.